The molecule has 0 saturated heterocycles. The van der Waals surface area contributed by atoms with Gasteiger partial charge in [0.15, 0.2) is 5.69 Å². The van der Waals surface area contributed by atoms with E-state index in [0.29, 0.717) is 24.5 Å². The molecule has 6 nitrogen and oxygen atoms in total. The first-order valence-electron chi connectivity index (χ1n) is 6.69. The number of H-pyrrole nitrogens is 1. The van der Waals surface area contributed by atoms with E-state index in [0.717, 1.165) is 18.5 Å². The summed E-state index contributed by atoms with van der Waals surface area (Å²) in [6.45, 7) is 7.06. The first kappa shape index (κ1) is 15.5. The van der Waals surface area contributed by atoms with E-state index in [2.05, 4.69) is 10.2 Å². The van der Waals surface area contributed by atoms with Crippen molar-refractivity contribution in [1.82, 2.24) is 15.1 Å². The second kappa shape index (κ2) is 7.13. The van der Waals surface area contributed by atoms with Crippen LogP contribution in [0.15, 0.2) is 0 Å². The minimum absolute atomic E-state index is 0.129. The molecule has 6 heteroatoms. The number of anilines is 1. The molecular formula is C13H24N4O2. The highest BCUT2D eigenvalue weighted by atomic mass is 16.5. The molecule has 0 saturated carbocycles. The lowest BCUT2D eigenvalue weighted by molar-refractivity contribution is 0.0609. The summed E-state index contributed by atoms with van der Waals surface area (Å²) in [6.07, 6.45) is 1.61. The van der Waals surface area contributed by atoms with Crippen LogP contribution in [0.2, 0.25) is 0 Å². The van der Waals surface area contributed by atoms with Gasteiger partial charge in [-0.1, -0.05) is 13.8 Å². The maximum atomic E-state index is 12.5. The fourth-order valence-electron chi connectivity index (χ4n) is 1.89. The second-order valence-corrected chi connectivity index (χ2v) is 4.57. The van der Waals surface area contributed by atoms with Gasteiger partial charge in [0.2, 0.25) is 0 Å². The molecule has 108 valence electrons. The topological polar surface area (TPSA) is 84.2 Å². The van der Waals surface area contributed by atoms with Gasteiger partial charge in [-0.3, -0.25) is 9.89 Å². The van der Waals surface area contributed by atoms with E-state index in [9.17, 15) is 4.79 Å². The molecule has 1 heterocycles. The Morgan fingerprint density at radius 1 is 1.53 bits per heavy atom. The zero-order chi connectivity index (χ0) is 14.4. The fraction of sp³-hybridized carbons (Fsp3) is 0.692. The predicted molar refractivity (Wildman–Crippen MR) is 75.0 cm³/mol. The highest BCUT2D eigenvalue weighted by Crippen LogP contribution is 2.18. The Balaban J connectivity index is 2.94. The molecule has 0 spiro atoms. The van der Waals surface area contributed by atoms with Gasteiger partial charge in [0.25, 0.3) is 5.91 Å². The molecule has 1 unspecified atom stereocenters. The van der Waals surface area contributed by atoms with Crippen LogP contribution in [0.3, 0.4) is 0 Å². The van der Waals surface area contributed by atoms with Gasteiger partial charge in [-0.05, 0) is 19.8 Å². The number of methoxy groups -OCH3 is 1. The summed E-state index contributed by atoms with van der Waals surface area (Å²) in [5.74, 6) is -0.139. The number of rotatable bonds is 7. The smallest absolute Gasteiger partial charge is 0.276 e. The molecule has 1 rings (SSSR count). The van der Waals surface area contributed by atoms with Gasteiger partial charge in [-0.2, -0.15) is 5.10 Å². The standard InChI is InChI=1S/C13H24N4O2/c1-5-9(3)17(7-8-19-4)13(18)12-11(14)10(6-2)15-16-12/h9H,5-8,14H2,1-4H3,(H,15,16). The Bertz CT molecular complexity index is 417. The number of nitrogen functional groups attached to an aromatic ring is 1. The van der Waals surface area contributed by atoms with Crippen molar-refractivity contribution in [3.05, 3.63) is 11.4 Å². The largest absolute Gasteiger partial charge is 0.395 e. The first-order chi connectivity index (χ1) is 9.06. The molecule has 0 aromatic carbocycles. The molecule has 0 aliphatic rings. The lowest BCUT2D eigenvalue weighted by Gasteiger charge is -2.27. The number of nitrogens with two attached hydrogens (primary N) is 1. The average molecular weight is 268 g/mol. The lowest BCUT2D eigenvalue weighted by atomic mass is 10.2. The van der Waals surface area contributed by atoms with Crippen LogP contribution in [-0.2, 0) is 11.2 Å². The van der Waals surface area contributed by atoms with E-state index < -0.39 is 0 Å². The number of carbonyl (C=O) groups is 1. The maximum Gasteiger partial charge on any atom is 0.276 e. The van der Waals surface area contributed by atoms with Crippen molar-refractivity contribution < 1.29 is 9.53 Å². The minimum Gasteiger partial charge on any atom is -0.395 e. The van der Waals surface area contributed by atoms with E-state index in [1.807, 2.05) is 20.8 Å². The molecule has 0 aliphatic heterocycles. The van der Waals surface area contributed by atoms with Gasteiger partial charge >= 0.3 is 0 Å². The van der Waals surface area contributed by atoms with Crippen molar-refractivity contribution >= 4 is 11.6 Å². The van der Waals surface area contributed by atoms with Crippen LogP contribution >= 0.6 is 0 Å². The Labute approximate surface area is 114 Å². The van der Waals surface area contributed by atoms with Crippen molar-refractivity contribution in [2.75, 3.05) is 26.0 Å². The number of hydrogen-bond acceptors (Lipinski definition) is 4. The monoisotopic (exact) mass is 268 g/mol. The SMILES string of the molecule is CCc1[nH]nc(C(=O)N(CCOC)C(C)CC)c1N. The molecule has 19 heavy (non-hydrogen) atoms. The molecule has 1 aromatic heterocycles. The quantitative estimate of drug-likeness (QED) is 0.783. The molecule has 1 amide bonds. The number of hydrogen-bond donors (Lipinski definition) is 2. The van der Waals surface area contributed by atoms with Crippen molar-refractivity contribution in [2.45, 2.75) is 39.7 Å². The number of amides is 1. The summed E-state index contributed by atoms with van der Waals surface area (Å²) in [5.41, 5.74) is 7.53. The Hall–Kier alpha value is -1.56. The fourth-order valence-corrected chi connectivity index (χ4v) is 1.89. The van der Waals surface area contributed by atoms with Crippen LogP contribution in [0, 0.1) is 0 Å². The summed E-state index contributed by atoms with van der Waals surface area (Å²) in [5, 5.41) is 6.87. The van der Waals surface area contributed by atoms with Gasteiger partial charge in [-0.15, -0.1) is 0 Å². The van der Waals surface area contributed by atoms with Crippen molar-refractivity contribution in [3.8, 4) is 0 Å². The van der Waals surface area contributed by atoms with E-state index in [1.165, 1.54) is 0 Å². The van der Waals surface area contributed by atoms with Gasteiger partial charge < -0.3 is 15.4 Å². The summed E-state index contributed by atoms with van der Waals surface area (Å²) in [6, 6.07) is 0.129. The number of aromatic amines is 1. The summed E-state index contributed by atoms with van der Waals surface area (Å²) in [4.78, 5) is 14.3. The zero-order valence-electron chi connectivity index (χ0n) is 12.2. The van der Waals surface area contributed by atoms with Crippen LogP contribution in [0.4, 0.5) is 5.69 Å². The molecule has 1 aromatic rings. The zero-order valence-corrected chi connectivity index (χ0v) is 12.2. The highest BCUT2D eigenvalue weighted by Gasteiger charge is 2.25. The van der Waals surface area contributed by atoms with Crippen LogP contribution < -0.4 is 5.73 Å². The number of aromatic nitrogens is 2. The minimum atomic E-state index is -0.139. The van der Waals surface area contributed by atoms with Gasteiger partial charge in [0.1, 0.15) is 0 Å². The molecule has 0 fully saturated rings. The molecular weight excluding hydrogens is 244 g/mol. The molecule has 0 radical (unpaired) electrons. The third kappa shape index (κ3) is 3.47. The van der Waals surface area contributed by atoms with E-state index in [-0.39, 0.29) is 11.9 Å². The molecule has 0 aliphatic carbocycles. The third-order valence-electron chi connectivity index (χ3n) is 3.36. The number of nitrogens with one attached hydrogen (secondary N) is 1. The summed E-state index contributed by atoms with van der Waals surface area (Å²) >= 11 is 0. The Kier molecular flexibility index (Phi) is 5.82. The molecule has 3 N–H and O–H groups in total. The van der Waals surface area contributed by atoms with Crippen LogP contribution in [0.5, 0.6) is 0 Å². The van der Waals surface area contributed by atoms with Gasteiger partial charge in [0.05, 0.1) is 18.0 Å². The van der Waals surface area contributed by atoms with Gasteiger partial charge in [0, 0.05) is 19.7 Å². The lowest BCUT2D eigenvalue weighted by Crippen LogP contribution is -2.41. The number of nitrogens with zero attached hydrogens (tertiary/aromatic N) is 2. The first-order valence-corrected chi connectivity index (χ1v) is 6.69. The van der Waals surface area contributed by atoms with Crippen LogP contribution in [0.1, 0.15) is 43.4 Å². The van der Waals surface area contributed by atoms with Crippen molar-refractivity contribution in [1.29, 1.82) is 0 Å². The Morgan fingerprint density at radius 3 is 2.68 bits per heavy atom. The van der Waals surface area contributed by atoms with E-state index >= 15 is 0 Å². The summed E-state index contributed by atoms with van der Waals surface area (Å²) in [7, 11) is 1.62. The Morgan fingerprint density at radius 2 is 2.21 bits per heavy atom. The normalized spacial score (nSPS) is 12.4. The van der Waals surface area contributed by atoms with Gasteiger partial charge in [-0.25, -0.2) is 0 Å². The highest BCUT2D eigenvalue weighted by molar-refractivity contribution is 5.97. The van der Waals surface area contributed by atoms with Crippen molar-refractivity contribution in [2.24, 2.45) is 0 Å². The van der Waals surface area contributed by atoms with Crippen LogP contribution in [0.25, 0.3) is 0 Å². The molecule has 1 atom stereocenters. The van der Waals surface area contributed by atoms with E-state index in [1.54, 1.807) is 12.0 Å². The number of aryl methyl sites for hydroxylation is 1. The van der Waals surface area contributed by atoms with Crippen molar-refractivity contribution in [3.63, 3.8) is 0 Å². The summed E-state index contributed by atoms with van der Waals surface area (Å²) < 4.78 is 5.06. The number of ether oxygens (including phenoxy) is 1. The van der Waals surface area contributed by atoms with E-state index in [4.69, 9.17) is 10.5 Å². The second-order valence-electron chi connectivity index (χ2n) is 4.57. The maximum absolute atomic E-state index is 12.5. The predicted octanol–water partition coefficient (Wildman–Crippen LogP) is 1.44. The van der Waals surface area contributed by atoms with Crippen LogP contribution in [-0.4, -0.2) is 47.3 Å². The average Bonchev–Trinajstić information content (AvgIpc) is 2.79. The molecule has 0 bridgehead atoms. The third-order valence-corrected chi connectivity index (χ3v) is 3.36. The number of carbonyl (C=O) groups excluding carboxylic acids is 1.